The summed E-state index contributed by atoms with van der Waals surface area (Å²) in [5, 5.41) is 0. The predicted octanol–water partition coefficient (Wildman–Crippen LogP) is 3.66. The van der Waals surface area contributed by atoms with Crippen molar-refractivity contribution in [1.29, 1.82) is 0 Å². The quantitative estimate of drug-likeness (QED) is 0.537. The van der Waals surface area contributed by atoms with Crippen LogP contribution >= 0.6 is 0 Å². The molecule has 0 heterocycles. The van der Waals surface area contributed by atoms with Gasteiger partial charge in [-0.2, -0.15) is 0 Å². The lowest BCUT2D eigenvalue weighted by molar-refractivity contribution is 0.543. The van der Waals surface area contributed by atoms with Crippen LogP contribution in [0.5, 0.6) is 0 Å². The van der Waals surface area contributed by atoms with Crippen LogP contribution in [0.15, 0.2) is 17.2 Å². The van der Waals surface area contributed by atoms with Gasteiger partial charge in [-0.15, -0.1) is 0 Å². The number of nitrogens with zero attached hydrogens (tertiary/aromatic N) is 1. The monoisotopic (exact) mass is 173 g/mol. The molecule has 0 rings (SSSR count). The average molecular weight is 173 g/mol. The first kappa shape index (κ1) is 6.88. The smallest absolute Gasteiger partial charge is 0.0836 e. The highest BCUT2D eigenvalue weighted by atomic mass is 14.7. The van der Waals surface area contributed by atoms with Gasteiger partial charge in [-0.1, -0.05) is 47.6 Å². The molecule has 1 heteroatoms. The Morgan fingerprint density at radius 2 is 1.50 bits per heavy atom. The van der Waals surface area contributed by atoms with Crippen LogP contribution in [0.1, 0.15) is 45.7 Å². The van der Waals surface area contributed by atoms with Crippen molar-refractivity contribution in [3.05, 3.63) is 12.2 Å². The van der Waals surface area contributed by atoms with E-state index in [1.807, 2.05) is 41.5 Å². The Labute approximate surface area is 80.8 Å². The number of rotatable bonds is 1. The van der Waals surface area contributed by atoms with Crippen LogP contribution in [0.4, 0.5) is 0 Å². The van der Waals surface area contributed by atoms with Gasteiger partial charge in [0.1, 0.15) is 0 Å². The highest BCUT2D eigenvalue weighted by Gasteiger charge is 2.05. The zero-order valence-corrected chi connectivity index (χ0v) is 8.95. The van der Waals surface area contributed by atoms with E-state index in [0.29, 0.717) is 0 Å². The zero-order valence-electron chi connectivity index (χ0n) is 11.9. The summed E-state index contributed by atoms with van der Waals surface area (Å²) in [6, 6.07) is 0.163. The van der Waals surface area contributed by atoms with Gasteiger partial charge in [0.15, 0.2) is 0 Å². The first-order valence-corrected chi connectivity index (χ1v) is 4.20. The van der Waals surface area contributed by atoms with Crippen LogP contribution in [0, 0.1) is 10.8 Å². The molecule has 0 unspecified atom stereocenters. The molecule has 1 nitrogen and oxygen atoms in total. The largest absolute Gasteiger partial charge is 0.269 e. The summed E-state index contributed by atoms with van der Waals surface area (Å²) < 4.78 is 23.0. The first-order valence-electron chi connectivity index (χ1n) is 5.70. The van der Waals surface area contributed by atoms with E-state index in [4.69, 9.17) is 4.11 Å². The van der Waals surface area contributed by atoms with E-state index >= 15 is 0 Å². The third-order valence-corrected chi connectivity index (χ3v) is 0.878. The predicted molar refractivity (Wildman–Crippen MR) is 56.5 cm³/mol. The molecule has 0 aromatic heterocycles. The fraction of sp³-hybridized carbons (Fsp3) is 0.727. The molecule has 12 heavy (non-hydrogen) atoms. The molecule has 0 aromatic rings. The molecule has 0 amide bonds. The molecule has 0 aliphatic rings. The fourth-order valence-corrected chi connectivity index (χ4v) is 0.391. The summed E-state index contributed by atoms with van der Waals surface area (Å²) in [7, 11) is 0. The number of hydrogen-bond acceptors (Lipinski definition) is 1. The van der Waals surface area contributed by atoms with Crippen LogP contribution in [0.3, 0.4) is 0 Å². The first-order chi connectivity index (χ1) is 6.46. The lowest BCUT2D eigenvalue weighted by Crippen LogP contribution is -2.05. The SMILES string of the molecule is [3H]C(=N/C([3H])=C(/[3H])C(C)(C)C)C(C)(C)C. The molecule has 0 aliphatic heterocycles. The normalized spacial score (nSPS) is 20.8. The maximum absolute atomic E-state index is 7.73. The van der Waals surface area contributed by atoms with Gasteiger partial charge < -0.3 is 0 Å². The van der Waals surface area contributed by atoms with Gasteiger partial charge in [-0.25, -0.2) is 0 Å². The molecule has 0 fully saturated rings. The molecule has 0 saturated carbocycles. The van der Waals surface area contributed by atoms with Crippen molar-refractivity contribution >= 4 is 6.19 Å². The molecule has 70 valence electrons. The Balaban J connectivity index is 5.14. The summed E-state index contributed by atoms with van der Waals surface area (Å²) in [5.41, 5.74) is -0.761. The molecular formula is C11H21N. The van der Waals surface area contributed by atoms with Gasteiger partial charge in [-0.3, -0.25) is 4.99 Å². The lowest BCUT2D eigenvalue weighted by atomic mass is 9.97. The Kier molecular flexibility index (Phi) is 2.22. The maximum atomic E-state index is 7.73. The Morgan fingerprint density at radius 3 is 1.83 bits per heavy atom. The van der Waals surface area contributed by atoms with Gasteiger partial charge in [0.05, 0.1) is 4.11 Å². The summed E-state index contributed by atoms with van der Waals surface area (Å²) in [5.74, 6) is 0. The van der Waals surface area contributed by atoms with Gasteiger partial charge in [0.25, 0.3) is 0 Å². The third-order valence-electron chi connectivity index (χ3n) is 0.878. The second-order valence-corrected chi connectivity index (χ2v) is 4.96. The topological polar surface area (TPSA) is 12.4 Å². The minimum absolute atomic E-state index is 0.109. The second-order valence-electron chi connectivity index (χ2n) is 4.96. The summed E-state index contributed by atoms with van der Waals surface area (Å²) in [6.45, 7) is 11.2. The molecule has 0 spiro atoms. The van der Waals surface area contributed by atoms with E-state index in [-0.39, 0.29) is 23.8 Å². The van der Waals surface area contributed by atoms with Crippen LogP contribution < -0.4 is 0 Å². The molecular weight excluding hydrogens is 146 g/mol. The highest BCUT2D eigenvalue weighted by molar-refractivity contribution is 5.64. The van der Waals surface area contributed by atoms with Crippen molar-refractivity contribution in [3.8, 4) is 0 Å². The van der Waals surface area contributed by atoms with Crippen molar-refractivity contribution < 1.29 is 4.11 Å². The highest BCUT2D eigenvalue weighted by Crippen LogP contribution is 2.14. The van der Waals surface area contributed by atoms with Crippen molar-refractivity contribution in [3.63, 3.8) is 0 Å². The summed E-state index contributed by atoms with van der Waals surface area (Å²) in [6.07, 6.45) is 0.0314. The third kappa shape index (κ3) is 9.41. The Hall–Kier alpha value is -0.590. The van der Waals surface area contributed by atoms with E-state index in [1.54, 1.807) is 0 Å². The molecule has 0 aliphatic carbocycles. The second kappa shape index (κ2) is 3.88. The van der Waals surface area contributed by atoms with Crippen LogP contribution in [-0.2, 0) is 0 Å². The molecule has 0 N–H and O–H groups in total. The lowest BCUT2D eigenvalue weighted by Gasteiger charge is -2.11. The molecule has 0 atom stereocenters. The van der Waals surface area contributed by atoms with Crippen molar-refractivity contribution in [2.24, 2.45) is 15.8 Å². The maximum Gasteiger partial charge on any atom is 0.0836 e. The molecule has 0 aromatic carbocycles. The van der Waals surface area contributed by atoms with Gasteiger partial charge in [-0.05, 0) is 10.8 Å². The summed E-state index contributed by atoms with van der Waals surface area (Å²) >= 11 is 0. The number of allylic oxidation sites excluding steroid dienone is 1. The minimum atomic E-state index is -0.390. The van der Waals surface area contributed by atoms with Gasteiger partial charge >= 0.3 is 0 Å². The van der Waals surface area contributed by atoms with E-state index in [1.165, 1.54) is 0 Å². The zero-order chi connectivity index (χ0) is 12.4. The van der Waals surface area contributed by atoms with Crippen LogP contribution in [0.2, 0.25) is 0 Å². The van der Waals surface area contributed by atoms with Crippen molar-refractivity contribution in [2.75, 3.05) is 0 Å². The Bertz CT molecular complexity index is 290. The van der Waals surface area contributed by atoms with Crippen molar-refractivity contribution in [2.45, 2.75) is 41.5 Å². The molecule has 0 bridgehead atoms. The average Bonchev–Trinajstić information content (AvgIpc) is 1.99. The van der Waals surface area contributed by atoms with Crippen molar-refractivity contribution in [1.82, 2.24) is 0 Å². The van der Waals surface area contributed by atoms with Crippen LogP contribution in [-0.4, -0.2) is 6.19 Å². The summed E-state index contributed by atoms with van der Waals surface area (Å²) in [4.78, 5) is 3.86. The van der Waals surface area contributed by atoms with E-state index in [0.717, 1.165) is 0 Å². The van der Waals surface area contributed by atoms with Gasteiger partial charge in [0, 0.05) is 12.4 Å². The minimum Gasteiger partial charge on any atom is -0.269 e. The van der Waals surface area contributed by atoms with E-state index in [2.05, 4.69) is 4.99 Å². The molecule has 0 saturated heterocycles. The Morgan fingerprint density at radius 1 is 1.00 bits per heavy atom. The fourth-order valence-electron chi connectivity index (χ4n) is 0.391. The number of hydrogen-bond donors (Lipinski definition) is 0. The number of aliphatic imine (C=N–C) groups is 1. The van der Waals surface area contributed by atoms with Gasteiger partial charge in [0.2, 0.25) is 0 Å². The van der Waals surface area contributed by atoms with E-state index < -0.39 is 5.41 Å². The molecule has 0 radical (unpaired) electrons. The standard InChI is InChI=1S/C11H21N/c1-10(2,3)7-8-12-9-11(4,5)6/h7-9H,1-6H3/b8-7-,12-9?/i7T,8T,9T. The van der Waals surface area contributed by atoms with E-state index in [9.17, 15) is 0 Å². The van der Waals surface area contributed by atoms with Crippen LogP contribution in [0.25, 0.3) is 0 Å².